The van der Waals surface area contributed by atoms with Crippen molar-refractivity contribution >= 4 is 15.9 Å². The molecule has 0 unspecified atom stereocenters. The van der Waals surface area contributed by atoms with Gasteiger partial charge in [-0.15, -0.1) is 0 Å². The van der Waals surface area contributed by atoms with Gasteiger partial charge in [-0.25, -0.2) is 4.39 Å². The summed E-state index contributed by atoms with van der Waals surface area (Å²) in [7, 11) is 0. The Morgan fingerprint density at radius 1 is 1.00 bits per heavy atom. The molecule has 0 saturated carbocycles. The van der Waals surface area contributed by atoms with E-state index >= 15 is 0 Å². The van der Waals surface area contributed by atoms with Gasteiger partial charge in [0, 0.05) is 4.47 Å². The first-order valence-corrected chi connectivity index (χ1v) is 6.10. The van der Waals surface area contributed by atoms with Crippen LogP contribution in [0.5, 0.6) is 0 Å². The fourth-order valence-electron chi connectivity index (χ4n) is 1.49. The Morgan fingerprint density at radius 3 is 2.47 bits per heavy atom. The summed E-state index contributed by atoms with van der Waals surface area (Å²) in [4.78, 5) is 0. The molecule has 0 aromatic heterocycles. The van der Waals surface area contributed by atoms with Gasteiger partial charge in [0.05, 0.1) is 13.2 Å². The smallest absolute Gasteiger partial charge is 0.124 e. The van der Waals surface area contributed by atoms with Crippen LogP contribution in [0.2, 0.25) is 0 Å². The molecule has 2 rings (SSSR count). The second kappa shape index (κ2) is 5.94. The lowest BCUT2D eigenvalue weighted by Gasteiger charge is -2.06. The van der Waals surface area contributed by atoms with Gasteiger partial charge in [-0.1, -0.05) is 52.3 Å². The summed E-state index contributed by atoms with van der Waals surface area (Å²) in [5.41, 5.74) is 2.08. The van der Waals surface area contributed by atoms with Gasteiger partial charge >= 0.3 is 0 Å². The Balaban J connectivity index is 1.90. The standard InChI is InChI=1S/C14H12BrFO/c15-14-8-13(16)7-6-12(14)10-17-9-11-4-2-1-3-5-11/h1-8H,9-10H2. The van der Waals surface area contributed by atoms with Gasteiger partial charge < -0.3 is 4.74 Å². The van der Waals surface area contributed by atoms with Crippen molar-refractivity contribution in [1.29, 1.82) is 0 Å². The number of rotatable bonds is 4. The molecule has 0 aliphatic rings. The molecule has 0 atom stereocenters. The lowest BCUT2D eigenvalue weighted by Crippen LogP contribution is -1.95. The average molecular weight is 295 g/mol. The first-order valence-electron chi connectivity index (χ1n) is 5.31. The van der Waals surface area contributed by atoms with Crippen molar-refractivity contribution < 1.29 is 9.13 Å². The fraction of sp³-hybridized carbons (Fsp3) is 0.143. The minimum Gasteiger partial charge on any atom is -0.372 e. The Bertz CT molecular complexity index is 485. The van der Waals surface area contributed by atoms with E-state index in [2.05, 4.69) is 15.9 Å². The minimum atomic E-state index is -0.247. The van der Waals surface area contributed by atoms with E-state index in [-0.39, 0.29) is 5.82 Å². The number of benzene rings is 2. The highest BCUT2D eigenvalue weighted by Gasteiger charge is 2.01. The summed E-state index contributed by atoms with van der Waals surface area (Å²) in [6, 6.07) is 14.6. The van der Waals surface area contributed by atoms with E-state index in [1.165, 1.54) is 12.1 Å². The molecule has 0 spiro atoms. The zero-order valence-corrected chi connectivity index (χ0v) is 10.8. The molecule has 0 saturated heterocycles. The second-order valence-corrected chi connectivity index (χ2v) is 4.57. The Labute approximate surface area is 108 Å². The largest absolute Gasteiger partial charge is 0.372 e. The van der Waals surface area contributed by atoms with Gasteiger partial charge in [0.1, 0.15) is 5.82 Å². The van der Waals surface area contributed by atoms with Crippen molar-refractivity contribution in [3.63, 3.8) is 0 Å². The van der Waals surface area contributed by atoms with E-state index in [0.29, 0.717) is 13.2 Å². The molecular formula is C14H12BrFO. The topological polar surface area (TPSA) is 9.23 Å². The third kappa shape index (κ3) is 3.65. The molecule has 17 heavy (non-hydrogen) atoms. The Hall–Kier alpha value is -1.19. The van der Waals surface area contributed by atoms with E-state index in [4.69, 9.17) is 4.74 Å². The molecule has 0 aliphatic heterocycles. The molecule has 0 heterocycles. The predicted octanol–water partition coefficient (Wildman–Crippen LogP) is 4.31. The van der Waals surface area contributed by atoms with Crippen molar-refractivity contribution in [2.75, 3.05) is 0 Å². The first-order chi connectivity index (χ1) is 8.25. The maximum Gasteiger partial charge on any atom is 0.124 e. The highest BCUT2D eigenvalue weighted by Crippen LogP contribution is 2.19. The second-order valence-electron chi connectivity index (χ2n) is 3.71. The van der Waals surface area contributed by atoms with Gasteiger partial charge in [0.2, 0.25) is 0 Å². The van der Waals surface area contributed by atoms with E-state index in [0.717, 1.165) is 15.6 Å². The minimum absolute atomic E-state index is 0.247. The zero-order valence-electron chi connectivity index (χ0n) is 9.20. The van der Waals surface area contributed by atoms with Gasteiger partial charge in [0.25, 0.3) is 0 Å². The maximum absolute atomic E-state index is 12.9. The number of hydrogen-bond acceptors (Lipinski definition) is 1. The molecule has 2 aromatic rings. The Kier molecular flexibility index (Phi) is 4.29. The van der Waals surface area contributed by atoms with Gasteiger partial charge in [-0.05, 0) is 23.3 Å². The molecule has 88 valence electrons. The van der Waals surface area contributed by atoms with E-state index in [1.807, 2.05) is 30.3 Å². The van der Waals surface area contributed by atoms with Crippen LogP contribution in [0.1, 0.15) is 11.1 Å². The Morgan fingerprint density at radius 2 is 1.76 bits per heavy atom. The van der Waals surface area contributed by atoms with Gasteiger partial charge in [-0.2, -0.15) is 0 Å². The molecule has 3 heteroatoms. The fourth-order valence-corrected chi connectivity index (χ4v) is 1.96. The van der Waals surface area contributed by atoms with Crippen LogP contribution in [0.25, 0.3) is 0 Å². The van der Waals surface area contributed by atoms with Gasteiger partial charge in [0.15, 0.2) is 0 Å². The van der Waals surface area contributed by atoms with Crippen LogP contribution in [0.3, 0.4) is 0 Å². The molecular weight excluding hydrogens is 283 g/mol. The normalized spacial score (nSPS) is 10.5. The lowest BCUT2D eigenvalue weighted by atomic mass is 10.2. The van der Waals surface area contributed by atoms with Gasteiger partial charge in [-0.3, -0.25) is 0 Å². The predicted molar refractivity (Wildman–Crippen MR) is 69.0 cm³/mol. The van der Waals surface area contributed by atoms with Crippen LogP contribution < -0.4 is 0 Å². The van der Waals surface area contributed by atoms with Crippen molar-refractivity contribution in [1.82, 2.24) is 0 Å². The van der Waals surface area contributed by atoms with Crippen LogP contribution in [0.15, 0.2) is 53.0 Å². The first kappa shape index (κ1) is 12.3. The monoisotopic (exact) mass is 294 g/mol. The van der Waals surface area contributed by atoms with Crippen molar-refractivity contribution in [2.45, 2.75) is 13.2 Å². The highest BCUT2D eigenvalue weighted by atomic mass is 79.9. The van der Waals surface area contributed by atoms with Crippen LogP contribution >= 0.6 is 15.9 Å². The number of halogens is 2. The number of ether oxygens (including phenoxy) is 1. The summed E-state index contributed by atoms with van der Waals surface area (Å²) in [6.07, 6.45) is 0. The van der Waals surface area contributed by atoms with E-state index < -0.39 is 0 Å². The van der Waals surface area contributed by atoms with Crippen LogP contribution in [0.4, 0.5) is 4.39 Å². The van der Waals surface area contributed by atoms with Crippen LogP contribution in [-0.2, 0) is 18.0 Å². The molecule has 0 N–H and O–H groups in total. The third-order valence-corrected chi connectivity index (χ3v) is 3.12. The van der Waals surface area contributed by atoms with E-state index in [9.17, 15) is 4.39 Å². The molecule has 0 amide bonds. The average Bonchev–Trinajstić information content (AvgIpc) is 2.33. The maximum atomic E-state index is 12.9. The molecule has 1 nitrogen and oxygen atoms in total. The molecule has 0 fully saturated rings. The number of hydrogen-bond donors (Lipinski definition) is 0. The SMILES string of the molecule is Fc1ccc(COCc2ccccc2)c(Br)c1. The van der Waals surface area contributed by atoms with Crippen molar-refractivity contribution in [3.05, 3.63) is 69.9 Å². The lowest BCUT2D eigenvalue weighted by molar-refractivity contribution is 0.106. The van der Waals surface area contributed by atoms with E-state index in [1.54, 1.807) is 6.07 Å². The summed E-state index contributed by atoms with van der Waals surface area (Å²) >= 11 is 3.31. The quantitative estimate of drug-likeness (QED) is 0.817. The molecule has 2 aromatic carbocycles. The van der Waals surface area contributed by atoms with Crippen molar-refractivity contribution in [2.24, 2.45) is 0 Å². The van der Waals surface area contributed by atoms with Crippen LogP contribution in [0, 0.1) is 5.82 Å². The molecule has 0 bridgehead atoms. The molecule has 0 radical (unpaired) electrons. The summed E-state index contributed by atoms with van der Waals surface area (Å²) in [5, 5.41) is 0. The third-order valence-electron chi connectivity index (χ3n) is 2.38. The molecule has 0 aliphatic carbocycles. The van der Waals surface area contributed by atoms with Crippen molar-refractivity contribution in [3.8, 4) is 0 Å². The van der Waals surface area contributed by atoms with Crippen LogP contribution in [-0.4, -0.2) is 0 Å². The summed E-state index contributed by atoms with van der Waals surface area (Å²) in [5.74, 6) is -0.247. The zero-order chi connectivity index (χ0) is 12.1. The summed E-state index contributed by atoms with van der Waals surface area (Å²) in [6.45, 7) is 1.03. The summed E-state index contributed by atoms with van der Waals surface area (Å²) < 4.78 is 19.2. The highest BCUT2D eigenvalue weighted by molar-refractivity contribution is 9.10.